The van der Waals surface area contributed by atoms with E-state index in [-0.39, 0.29) is 6.04 Å². The predicted octanol–water partition coefficient (Wildman–Crippen LogP) is 0.812. The Labute approximate surface area is 104 Å². The van der Waals surface area contributed by atoms with Gasteiger partial charge in [0.1, 0.15) is 0 Å². The van der Waals surface area contributed by atoms with Crippen molar-refractivity contribution >= 4 is 5.91 Å². The highest BCUT2D eigenvalue weighted by Crippen LogP contribution is 2.12. The smallest absolute Gasteiger partial charge is 0.236 e. The molecule has 1 atom stereocenters. The topological polar surface area (TPSA) is 49.6 Å². The summed E-state index contributed by atoms with van der Waals surface area (Å²) in [6, 6.07) is 0.273. The highest BCUT2D eigenvalue weighted by Gasteiger charge is 2.23. The molecular weight excluding hydrogens is 214 g/mol. The van der Waals surface area contributed by atoms with Gasteiger partial charge in [-0.15, -0.1) is 0 Å². The van der Waals surface area contributed by atoms with Gasteiger partial charge in [0.05, 0.1) is 6.54 Å². The molecule has 0 spiro atoms. The zero-order valence-electron chi connectivity index (χ0n) is 10.7. The van der Waals surface area contributed by atoms with Crippen molar-refractivity contribution in [3.8, 4) is 0 Å². The fourth-order valence-electron chi connectivity index (χ4n) is 2.79. The van der Waals surface area contributed by atoms with Crippen molar-refractivity contribution in [1.82, 2.24) is 9.80 Å². The Hall–Kier alpha value is -0.610. The molecule has 1 amide bonds. The second-order valence-corrected chi connectivity index (χ2v) is 5.43. The zero-order chi connectivity index (χ0) is 12.1. The first kappa shape index (κ1) is 12.8. The highest BCUT2D eigenvalue weighted by atomic mass is 16.2. The van der Waals surface area contributed by atoms with Gasteiger partial charge in [0, 0.05) is 32.2 Å². The molecule has 2 aliphatic heterocycles. The lowest BCUT2D eigenvalue weighted by Gasteiger charge is -2.27. The van der Waals surface area contributed by atoms with Gasteiger partial charge in [0.25, 0.3) is 0 Å². The first-order valence-corrected chi connectivity index (χ1v) is 7.01. The third kappa shape index (κ3) is 3.96. The zero-order valence-corrected chi connectivity index (χ0v) is 10.7. The van der Waals surface area contributed by atoms with Crippen LogP contribution in [0.2, 0.25) is 0 Å². The van der Waals surface area contributed by atoms with Crippen LogP contribution in [0.15, 0.2) is 0 Å². The van der Waals surface area contributed by atoms with E-state index in [0.717, 1.165) is 32.6 Å². The average Bonchev–Trinajstić information content (AvgIpc) is 2.63. The van der Waals surface area contributed by atoms with Crippen molar-refractivity contribution < 1.29 is 4.79 Å². The first-order chi connectivity index (χ1) is 8.25. The van der Waals surface area contributed by atoms with Gasteiger partial charge in [-0.2, -0.15) is 0 Å². The molecule has 17 heavy (non-hydrogen) atoms. The maximum atomic E-state index is 12.2. The lowest BCUT2D eigenvalue weighted by molar-refractivity contribution is -0.132. The Balaban J connectivity index is 1.77. The number of carbonyl (C=O) groups excluding carboxylic acids is 1. The van der Waals surface area contributed by atoms with Crippen molar-refractivity contribution in [3.63, 3.8) is 0 Å². The highest BCUT2D eigenvalue weighted by molar-refractivity contribution is 5.78. The molecule has 98 valence electrons. The Morgan fingerprint density at radius 1 is 1.06 bits per heavy atom. The fraction of sp³-hybridized carbons (Fsp3) is 0.923. The van der Waals surface area contributed by atoms with Gasteiger partial charge in [-0.05, 0) is 19.3 Å². The molecule has 2 aliphatic rings. The molecule has 4 nitrogen and oxygen atoms in total. The van der Waals surface area contributed by atoms with Crippen molar-refractivity contribution in [3.05, 3.63) is 0 Å². The quantitative estimate of drug-likeness (QED) is 0.776. The maximum absolute atomic E-state index is 12.2. The molecule has 0 aromatic heterocycles. The molecule has 4 heteroatoms. The standard InChI is InChI=1S/C13H25N3O/c14-12-6-9-15(10-12)11-13(17)16-7-4-2-1-3-5-8-16/h12H,1-11,14H2. The molecule has 2 rings (SSSR count). The molecule has 2 N–H and O–H groups in total. The van der Waals surface area contributed by atoms with Gasteiger partial charge in [0.2, 0.25) is 5.91 Å². The summed E-state index contributed by atoms with van der Waals surface area (Å²) in [4.78, 5) is 16.4. The van der Waals surface area contributed by atoms with Crippen LogP contribution in [0.5, 0.6) is 0 Å². The van der Waals surface area contributed by atoms with E-state index >= 15 is 0 Å². The molecule has 0 radical (unpaired) electrons. The number of carbonyl (C=O) groups is 1. The minimum Gasteiger partial charge on any atom is -0.342 e. The van der Waals surface area contributed by atoms with Crippen molar-refractivity contribution in [2.24, 2.45) is 5.73 Å². The van der Waals surface area contributed by atoms with E-state index in [2.05, 4.69) is 9.80 Å². The second kappa shape index (κ2) is 6.36. The number of amides is 1. The molecule has 0 saturated carbocycles. The molecule has 0 aromatic carbocycles. The summed E-state index contributed by atoms with van der Waals surface area (Å²) in [5.74, 6) is 0.306. The Morgan fingerprint density at radius 3 is 2.29 bits per heavy atom. The van der Waals surface area contributed by atoms with Crippen LogP contribution < -0.4 is 5.73 Å². The van der Waals surface area contributed by atoms with E-state index in [9.17, 15) is 4.79 Å². The van der Waals surface area contributed by atoms with Crippen LogP contribution in [0, 0.1) is 0 Å². The molecule has 0 bridgehead atoms. The third-order valence-corrected chi connectivity index (χ3v) is 3.88. The number of hydrogen-bond acceptors (Lipinski definition) is 3. The van der Waals surface area contributed by atoms with Crippen LogP contribution in [0.1, 0.15) is 38.5 Å². The normalized spacial score (nSPS) is 27.8. The number of hydrogen-bond donors (Lipinski definition) is 1. The lowest BCUT2D eigenvalue weighted by atomic mass is 10.1. The van der Waals surface area contributed by atoms with Gasteiger partial charge in [-0.3, -0.25) is 9.69 Å². The van der Waals surface area contributed by atoms with E-state index in [4.69, 9.17) is 5.73 Å². The van der Waals surface area contributed by atoms with Crippen molar-refractivity contribution in [1.29, 1.82) is 0 Å². The Bertz CT molecular complexity index is 249. The predicted molar refractivity (Wildman–Crippen MR) is 68.7 cm³/mol. The van der Waals surface area contributed by atoms with E-state index in [1.54, 1.807) is 0 Å². The van der Waals surface area contributed by atoms with Gasteiger partial charge in [-0.25, -0.2) is 0 Å². The van der Waals surface area contributed by atoms with Crippen molar-refractivity contribution in [2.45, 2.75) is 44.6 Å². The van der Waals surface area contributed by atoms with Gasteiger partial charge in [-0.1, -0.05) is 19.3 Å². The molecule has 0 aliphatic carbocycles. The summed E-state index contributed by atoms with van der Waals surface area (Å²) >= 11 is 0. The summed E-state index contributed by atoms with van der Waals surface area (Å²) in [5, 5.41) is 0. The van der Waals surface area contributed by atoms with E-state index in [0.29, 0.717) is 12.5 Å². The van der Waals surface area contributed by atoms with E-state index < -0.39 is 0 Å². The Kier molecular flexibility index (Phi) is 4.80. The van der Waals surface area contributed by atoms with Crippen LogP contribution in [0.4, 0.5) is 0 Å². The van der Waals surface area contributed by atoms with Gasteiger partial charge in [0.15, 0.2) is 0 Å². The van der Waals surface area contributed by atoms with E-state index in [1.807, 2.05) is 0 Å². The number of nitrogens with two attached hydrogens (primary N) is 1. The summed E-state index contributed by atoms with van der Waals surface area (Å²) in [7, 11) is 0. The van der Waals surface area contributed by atoms with E-state index in [1.165, 1.54) is 32.1 Å². The van der Waals surface area contributed by atoms with Crippen LogP contribution in [-0.2, 0) is 4.79 Å². The number of likely N-dealkylation sites (tertiary alicyclic amines) is 2. The maximum Gasteiger partial charge on any atom is 0.236 e. The van der Waals surface area contributed by atoms with Gasteiger partial charge >= 0.3 is 0 Å². The largest absolute Gasteiger partial charge is 0.342 e. The van der Waals surface area contributed by atoms with Crippen LogP contribution in [-0.4, -0.2) is 54.5 Å². The minimum atomic E-state index is 0.273. The molecule has 2 saturated heterocycles. The lowest BCUT2D eigenvalue weighted by Crippen LogP contribution is -2.41. The Morgan fingerprint density at radius 2 is 1.71 bits per heavy atom. The molecule has 0 aromatic rings. The monoisotopic (exact) mass is 239 g/mol. The summed E-state index contributed by atoms with van der Waals surface area (Å²) in [6.07, 6.45) is 7.27. The first-order valence-electron chi connectivity index (χ1n) is 7.01. The SMILES string of the molecule is NC1CCN(CC(=O)N2CCCCCCC2)C1. The van der Waals surface area contributed by atoms with Crippen LogP contribution in [0.3, 0.4) is 0 Å². The van der Waals surface area contributed by atoms with Gasteiger partial charge < -0.3 is 10.6 Å². The minimum absolute atomic E-state index is 0.273. The van der Waals surface area contributed by atoms with Crippen LogP contribution >= 0.6 is 0 Å². The summed E-state index contributed by atoms with van der Waals surface area (Å²) in [6.45, 7) is 4.37. The third-order valence-electron chi connectivity index (χ3n) is 3.88. The number of rotatable bonds is 2. The molecule has 2 fully saturated rings. The number of nitrogens with zero attached hydrogens (tertiary/aromatic N) is 2. The second-order valence-electron chi connectivity index (χ2n) is 5.43. The molecule has 1 unspecified atom stereocenters. The molecule has 2 heterocycles. The van der Waals surface area contributed by atoms with Crippen molar-refractivity contribution in [2.75, 3.05) is 32.7 Å². The summed E-state index contributed by atoms with van der Waals surface area (Å²) < 4.78 is 0. The molecular formula is C13H25N3O. The fourth-order valence-corrected chi connectivity index (χ4v) is 2.79. The summed E-state index contributed by atoms with van der Waals surface area (Å²) in [5.41, 5.74) is 5.86. The van der Waals surface area contributed by atoms with Crippen LogP contribution in [0.25, 0.3) is 0 Å². The average molecular weight is 239 g/mol.